The lowest BCUT2D eigenvalue weighted by molar-refractivity contribution is -0.142. The van der Waals surface area contributed by atoms with Crippen LogP contribution in [0.4, 0.5) is 0 Å². The quantitative estimate of drug-likeness (QED) is 0.758. The van der Waals surface area contributed by atoms with Gasteiger partial charge in [-0.2, -0.15) is 0 Å². The SMILES string of the molecule is C[C@H](OCC1CC1)C(=O)N1C[C@@H](C)[C@H](N2CCOCC2)C1. The number of ether oxygens (including phenoxy) is 2. The third kappa shape index (κ3) is 3.76. The molecule has 0 unspecified atom stereocenters. The second-order valence-corrected chi connectivity index (χ2v) is 6.86. The Bertz CT molecular complexity index is 367. The second-order valence-electron chi connectivity index (χ2n) is 6.86. The predicted octanol–water partition coefficient (Wildman–Crippen LogP) is 0.981. The highest BCUT2D eigenvalue weighted by Crippen LogP contribution is 2.29. The Balaban J connectivity index is 1.50. The van der Waals surface area contributed by atoms with Gasteiger partial charge < -0.3 is 14.4 Å². The lowest BCUT2D eigenvalue weighted by atomic mass is 10.0. The molecule has 5 nitrogen and oxygen atoms in total. The molecular weight excluding hydrogens is 268 g/mol. The van der Waals surface area contributed by atoms with Crippen molar-refractivity contribution in [3.8, 4) is 0 Å². The summed E-state index contributed by atoms with van der Waals surface area (Å²) >= 11 is 0. The molecule has 3 atom stereocenters. The van der Waals surface area contributed by atoms with Crippen LogP contribution < -0.4 is 0 Å². The topological polar surface area (TPSA) is 42.0 Å². The van der Waals surface area contributed by atoms with E-state index in [4.69, 9.17) is 9.47 Å². The molecule has 0 aromatic rings. The van der Waals surface area contributed by atoms with Gasteiger partial charge in [0.1, 0.15) is 6.10 Å². The van der Waals surface area contributed by atoms with Crippen LogP contribution in [0.3, 0.4) is 0 Å². The van der Waals surface area contributed by atoms with Crippen molar-refractivity contribution in [2.75, 3.05) is 46.0 Å². The first kappa shape index (κ1) is 15.3. The van der Waals surface area contributed by atoms with Crippen LogP contribution in [0.1, 0.15) is 26.7 Å². The van der Waals surface area contributed by atoms with Crippen LogP contribution in [0.2, 0.25) is 0 Å². The van der Waals surface area contributed by atoms with E-state index in [-0.39, 0.29) is 12.0 Å². The lowest BCUT2D eigenvalue weighted by Crippen LogP contribution is -2.47. The lowest BCUT2D eigenvalue weighted by Gasteiger charge is -2.34. The fraction of sp³-hybridized carbons (Fsp3) is 0.938. The fourth-order valence-electron chi connectivity index (χ4n) is 3.41. The van der Waals surface area contributed by atoms with Crippen molar-refractivity contribution >= 4 is 5.91 Å². The van der Waals surface area contributed by atoms with Gasteiger partial charge in [-0.3, -0.25) is 9.69 Å². The molecule has 1 aliphatic carbocycles. The minimum absolute atomic E-state index is 0.165. The molecule has 0 radical (unpaired) electrons. The Morgan fingerprint density at radius 2 is 2.00 bits per heavy atom. The van der Waals surface area contributed by atoms with Gasteiger partial charge in [-0.1, -0.05) is 6.92 Å². The van der Waals surface area contributed by atoms with Crippen LogP contribution >= 0.6 is 0 Å². The minimum Gasteiger partial charge on any atom is -0.379 e. The summed E-state index contributed by atoms with van der Waals surface area (Å²) in [5.74, 6) is 1.40. The molecule has 2 saturated heterocycles. The average Bonchev–Trinajstić information content (AvgIpc) is 3.26. The molecule has 0 aromatic carbocycles. The Hall–Kier alpha value is -0.650. The summed E-state index contributed by atoms with van der Waals surface area (Å²) in [7, 11) is 0. The van der Waals surface area contributed by atoms with Crippen molar-refractivity contribution in [2.45, 2.75) is 38.8 Å². The third-order valence-corrected chi connectivity index (χ3v) is 5.03. The smallest absolute Gasteiger partial charge is 0.251 e. The Morgan fingerprint density at radius 3 is 2.67 bits per heavy atom. The number of hydrogen-bond donors (Lipinski definition) is 0. The van der Waals surface area contributed by atoms with Crippen molar-refractivity contribution in [1.82, 2.24) is 9.80 Å². The van der Waals surface area contributed by atoms with Gasteiger partial charge in [-0.25, -0.2) is 0 Å². The number of carbonyl (C=O) groups excluding carboxylic acids is 1. The summed E-state index contributed by atoms with van der Waals surface area (Å²) in [6.45, 7) is 10.2. The molecule has 3 rings (SSSR count). The van der Waals surface area contributed by atoms with Crippen LogP contribution in [0, 0.1) is 11.8 Å². The molecule has 1 amide bonds. The normalized spacial score (nSPS) is 32.4. The molecule has 0 N–H and O–H groups in total. The van der Waals surface area contributed by atoms with Gasteiger partial charge in [0.25, 0.3) is 5.91 Å². The monoisotopic (exact) mass is 296 g/mol. The minimum atomic E-state index is -0.291. The van der Waals surface area contributed by atoms with Gasteiger partial charge in [0.15, 0.2) is 0 Å². The summed E-state index contributed by atoms with van der Waals surface area (Å²) in [5.41, 5.74) is 0. The van der Waals surface area contributed by atoms with Gasteiger partial charge in [-0.15, -0.1) is 0 Å². The number of nitrogens with zero attached hydrogens (tertiary/aromatic N) is 2. The molecule has 5 heteroatoms. The molecule has 21 heavy (non-hydrogen) atoms. The molecule has 0 spiro atoms. The maximum Gasteiger partial charge on any atom is 0.251 e. The number of morpholine rings is 1. The van der Waals surface area contributed by atoms with E-state index in [1.54, 1.807) is 0 Å². The van der Waals surface area contributed by atoms with Gasteiger partial charge in [-0.05, 0) is 31.6 Å². The second kappa shape index (κ2) is 6.63. The molecule has 3 aliphatic rings. The number of rotatable bonds is 5. The van der Waals surface area contributed by atoms with Crippen LogP contribution in [-0.2, 0) is 14.3 Å². The standard InChI is InChI=1S/C16H28N2O3/c1-12-9-18(10-15(12)17-5-7-20-8-6-17)16(19)13(2)21-11-14-3-4-14/h12-15H,3-11H2,1-2H3/t12-,13+,15-/m1/s1. The fourth-order valence-corrected chi connectivity index (χ4v) is 3.41. The van der Waals surface area contributed by atoms with Crippen LogP contribution in [0.5, 0.6) is 0 Å². The van der Waals surface area contributed by atoms with Crippen molar-refractivity contribution in [3.05, 3.63) is 0 Å². The average molecular weight is 296 g/mol. The summed E-state index contributed by atoms with van der Waals surface area (Å²) < 4.78 is 11.2. The van der Waals surface area contributed by atoms with Crippen molar-refractivity contribution in [1.29, 1.82) is 0 Å². The molecule has 0 aromatic heterocycles. The largest absolute Gasteiger partial charge is 0.379 e. The summed E-state index contributed by atoms with van der Waals surface area (Å²) in [6.07, 6.45) is 2.24. The van der Waals surface area contributed by atoms with Crippen LogP contribution in [-0.4, -0.2) is 73.9 Å². The molecule has 120 valence electrons. The zero-order valence-corrected chi connectivity index (χ0v) is 13.3. The van der Waals surface area contributed by atoms with Crippen LogP contribution in [0.25, 0.3) is 0 Å². The predicted molar refractivity (Wildman–Crippen MR) is 80.1 cm³/mol. The summed E-state index contributed by atoms with van der Waals surface area (Å²) in [4.78, 5) is 17.0. The van der Waals surface area contributed by atoms with E-state index < -0.39 is 0 Å². The van der Waals surface area contributed by atoms with Crippen molar-refractivity contribution in [3.63, 3.8) is 0 Å². The molecule has 3 fully saturated rings. The van der Waals surface area contributed by atoms with Crippen molar-refractivity contribution in [2.24, 2.45) is 11.8 Å². The van der Waals surface area contributed by atoms with Gasteiger partial charge >= 0.3 is 0 Å². The van der Waals surface area contributed by atoms with Crippen molar-refractivity contribution < 1.29 is 14.3 Å². The van der Waals surface area contributed by atoms with Gasteiger partial charge in [0.05, 0.1) is 19.8 Å². The molecule has 2 aliphatic heterocycles. The Kier molecular flexibility index (Phi) is 4.82. The molecule has 0 bridgehead atoms. The zero-order valence-electron chi connectivity index (χ0n) is 13.3. The van der Waals surface area contributed by atoms with E-state index in [9.17, 15) is 4.79 Å². The van der Waals surface area contributed by atoms with E-state index in [1.165, 1.54) is 12.8 Å². The number of likely N-dealkylation sites (tertiary alicyclic amines) is 1. The first-order chi connectivity index (χ1) is 10.1. The zero-order chi connectivity index (χ0) is 14.8. The number of carbonyl (C=O) groups is 1. The Morgan fingerprint density at radius 1 is 1.29 bits per heavy atom. The van der Waals surface area contributed by atoms with E-state index in [0.717, 1.165) is 46.0 Å². The van der Waals surface area contributed by atoms with Gasteiger partial charge in [0, 0.05) is 32.2 Å². The van der Waals surface area contributed by atoms with E-state index in [2.05, 4.69) is 11.8 Å². The number of hydrogen-bond acceptors (Lipinski definition) is 4. The maximum absolute atomic E-state index is 12.5. The molecular formula is C16H28N2O3. The molecule has 1 saturated carbocycles. The van der Waals surface area contributed by atoms with E-state index in [0.29, 0.717) is 17.9 Å². The highest BCUT2D eigenvalue weighted by Gasteiger charge is 2.38. The summed E-state index contributed by atoms with van der Waals surface area (Å²) in [6, 6.07) is 0.480. The highest BCUT2D eigenvalue weighted by atomic mass is 16.5. The first-order valence-electron chi connectivity index (χ1n) is 8.37. The Labute approximate surface area is 127 Å². The number of amides is 1. The third-order valence-electron chi connectivity index (χ3n) is 5.03. The van der Waals surface area contributed by atoms with E-state index >= 15 is 0 Å². The molecule has 2 heterocycles. The van der Waals surface area contributed by atoms with E-state index in [1.807, 2.05) is 11.8 Å². The van der Waals surface area contributed by atoms with Crippen LogP contribution in [0.15, 0.2) is 0 Å². The highest BCUT2D eigenvalue weighted by molar-refractivity contribution is 5.80. The van der Waals surface area contributed by atoms with Gasteiger partial charge in [0.2, 0.25) is 0 Å². The summed E-state index contributed by atoms with van der Waals surface area (Å²) in [5, 5.41) is 0. The maximum atomic E-state index is 12.5. The first-order valence-corrected chi connectivity index (χ1v) is 8.37.